The first-order valence-electron chi connectivity index (χ1n) is 10.2. The predicted octanol–water partition coefficient (Wildman–Crippen LogP) is 2.62. The molecule has 1 saturated heterocycles. The molecule has 0 radical (unpaired) electrons. The Labute approximate surface area is 191 Å². The smallest absolute Gasteiger partial charge is 0.409 e. The molecule has 0 bridgehead atoms. The lowest BCUT2D eigenvalue weighted by Gasteiger charge is -2.34. The van der Waals surface area contributed by atoms with E-state index in [0.29, 0.717) is 37.3 Å². The van der Waals surface area contributed by atoms with Gasteiger partial charge in [0.2, 0.25) is 0 Å². The van der Waals surface area contributed by atoms with Crippen molar-refractivity contribution < 1.29 is 27.7 Å². The molecule has 0 unspecified atom stereocenters. The molecule has 1 aliphatic heterocycles. The maximum Gasteiger partial charge on any atom is 0.409 e. The Balaban J connectivity index is 1.66. The number of piperazine rings is 1. The number of aryl methyl sites for hydroxylation is 1. The standard InChI is InChI=1S/C21H24N4O7S/c1-3-32-21(27)24-12-10-23(11-13-24)20(26)16-5-7-17(8-6-16)22-33(30,31)18-9-4-15(2)19(14-18)25(28)29/h4-9,14,22H,3,10-13H2,1-2H3. The van der Waals surface area contributed by atoms with Crippen LogP contribution in [0.4, 0.5) is 16.2 Å². The van der Waals surface area contributed by atoms with Crippen LogP contribution in [0.1, 0.15) is 22.8 Å². The second kappa shape index (κ2) is 9.86. The highest BCUT2D eigenvalue weighted by atomic mass is 32.2. The predicted molar refractivity (Wildman–Crippen MR) is 120 cm³/mol. The summed E-state index contributed by atoms with van der Waals surface area (Å²) >= 11 is 0. The van der Waals surface area contributed by atoms with Gasteiger partial charge in [-0.3, -0.25) is 19.6 Å². The summed E-state index contributed by atoms with van der Waals surface area (Å²) in [6.45, 7) is 4.99. The Hall–Kier alpha value is -3.67. The van der Waals surface area contributed by atoms with Crippen molar-refractivity contribution in [3.63, 3.8) is 0 Å². The van der Waals surface area contributed by atoms with Gasteiger partial charge in [0.05, 0.1) is 16.4 Å². The second-order valence-corrected chi connectivity index (χ2v) is 9.05. The molecule has 1 aliphatic rings. The van der Waals surface area contributed by atoms with Crippen LogP contribution in [0.5, 0.6) is 0 Å². The van der Waals surface area contributed by atoms with Crippen molar-refractivity contribution in [2.45, 2.75) is 18.7 Å². The Kier molecular flexibility index (Phi) is 7.16. The van der Waals surface area contributed by atoms with Gasteiger partial charge in [-0.15, -0.1) is 0 Å². The van der Waals surface area contributed by atoms with E-state index in [2.05, 4.69) is 4.72 Å². The van der Waals surface area contributed by atoms with E-state index >= 15 is 0 Å². The summed E-state index contributed by atoms with van der Waals surface area (Å²) < 4.78 is 32.6. The van der Waals surface area contributed by atoms with Crippen LogP contribution in [0.2, 0.25) is 0 Å². The van der Waals surface area contributed by atoms with Crippen LogP contribution < -0.4 is 4.72 Å². The van der Waals surface area contributed by atoms with Crippen molar-refractivity contribution in [2.24, 2.45) is 0 Å². The van der Waals surface area contributed by atoms with E-state index in [1.54, 1.807) is 16.7 Å². The molecule has 11 nitrogen and oxygen atoms in total. The molecule has 0 atom stereocenters. The van der Waals surface area contributed by atoms with Crippen molar-refractivity contribution in [1.82, 2.24) is 9.80 Å². The Morgan fingerprint density at radius 1 is 1.06 bits per heavy atom. The molecule has 2 aromatic rings. The van der Waals surface area contributed by atoms with Gasteiger partial charge in [0, 0.05) is 49.1 Å². The molecule has 33 heavy (non-hydrogen) atoms. The number of nitro groups is 1. The highest BCUT2D eigenvalue weighted by Crippen LogP contribution is 2.24. The normalized spacial score (nSPS) is 14.0. The number of hydrogen-bond acceptors (Lipinski definition) is 7. The SMILES string of the molecule is CCOC(=O)N1CCN(C(=O)c2ccc(NS(=O)(=O)c3ccc(C)c([N+](=O)[O-])c3)cc2)CC1. The summed E-state index contributed by atoms with van der Waals surface area (Å²) in [5, 5.41) is 11.1. The van der Waals surface area contributed by atoms with E-state index in [-0.39, 0.29) is 28.8 Å². The van der Waals surface area contributed by atoms with E-state index < -0.39 is 21.0 Å². The second-order valence-electron chi connectivity index (χ2n) is 7.37. The number of carbonyl (C=O) groups excluding carboxylic acids is 2. The number of nitro benzene ring substituents is 1. The molecule has 1 fully saturated rings. The van der Waals surface area contributed by atoms with Crippen molar-refractivity contribution in [2.75, 3.05) is 37.5 Å². The molecular weight excluding hydrogens is 452 g/mol. The fourth-order valence-corrected chi connectivity index (χ4v) is 4.42. The molecule has 0 saturated carbocycles. The van der Waals surface area contributed by atoms with E-state index in [0.717, 1.165) is 6.07 Å². The number of carbonyl (C=O) groups is 2. The monoisotopic (exact) mass is 476 g/mol. The summed E-state index contributed by atoms with van der Waals surface area (Å²) in [6, 6.07) is 9.55. The van der Waals surface area contributed by atoms with E-state index in [9.17, 15) is 28.1 Å². The number of hydrogen-bond donors (Lipinski definition) is 1. The van der Waals surface area contributed by atoms with Gasteiger partial charge < -0.3 is 14.5 Å². The van der Waals surface area contributed by atoms with Crippen LogP contribution in [0, 0.1) is 17.0 Å². The Bertz CT molecular complexity index is 1160. The van der Waals surface area contributed by atoms with Crippen molar-refractivity contribution in [3.8, 4) is 0 Å². The van der Waals surface area contributed by atoms with E-state index in [4.69, 9.17) is 4.74 Å². The average molecular weight is 477 g/mol. The lowest BCUT2D eigenvalue weighted by atomic mass is 10.1. The molecule has 0 aliphatic carbocycles. The van der Waals surface area contributed by atoms with Crippen LogP contribution >= 0.6 is 0 Å². The highest BCUT2D eigenvalue weighted by Gasteiger charge is 2.26. The maximum atomic E-state index is 12.7. The summed E-state index contributed by atoms with van der Waals surface area (Å²) in [6.07, 6.45) is -0.403. The number of ether oxygens (including phenoxy) is 1. The van der Waals surface area contributed by atoms with Gasteiger partial charge in [0.25, 0.3) is 21.6 Å². The summed E-state index contributed by atoms with van der Waals surface area (Å²) in [5.74, 6) is -0.234. The molecule has 12 heteroatoms. The zero-order valence-electron chi connectivity index (χ0n) is 18.2. The number of benzene rings is 2. The Morgan fingerprint density at radius 2 is 1.67 bits per heavy atom. The Morgan fingerprint density at radius 3 is 2.24 bits per heavy atom. The van der Waals surface area contributed by atoms with Crippen molar-refractivity contribution in [1.29, 1.82) is 0 Å². The van der Waals surface area contributed by atoms with Gasteiger partial charge in [0.15, 0.2) is 0 Å². The first kappa shape index (κ1) is 24.0. The molecule has 1 heterocycles. The number of sulfonamides is 1. The van der Waals surface area contributed by atoms with Gasteiger partial charge in [-0.25, -0.2) is 13.2 Å². The lowest BCUT2D eigenvalue weighted by Crippen LogP contribution is -2.50. The third-order valence-corrected chi connectivity index (χ3v) is 6.54. The number of amides is 2. The fourth-order valence-electron chi connectivity index (χ4n) is 3.34. The molecule has 0 aromatic heterocycles. The molecule has 2 aromatic carbocycles. The van der Waals surface area contributed by atoms with Gasteiger partial charge in [0.1, 0.15) is 0 Å². The van der Waals surface area contributed by atoms with Crippen LogP contribution in [-0.2, 0) is 14.8 Å². The summed E-state index contributed by atoms with van der Waals surface area (Å²) in [4.78, 5) is 37.9. The van der Waals surface area contributed by atoms with Crippen LogP contribution in [-0.4, -0.2) is 67.9 Å². The van der Waals surface area contributed by atoms with Gasteiger partial charge in [-0.1, -0.05) is 6.07 Å². The molecule has 176 valence electrons. The minimum atomic E-state index is -4.06. The lowest BCUT2D eigenvalue weighted by molar-refractivity contribution is -0.385. The number of nitrogens with zero attached hydrogens (tertiary/aromatic N) is 3. The zero-order chi connectivity index (χ0) is 24.2. The zero-order valence-corrected chi connectivity index (χ0v) is 19.0. The van der Waals surface area contributed by atoms with Gasteiger partial charge in [-0.05, 0) is 44.2 Å². The molecule has 0 spiro atoms. The minimum Gasteiger partial charge on any atom is -0.450 e. The third-order valence-electron chi connectivity index (χ3n) is 5.16. The van der Waals surface area contributed by atoms with Crippen LogP contribution in [0.15, 0.2) is 47.4 Å². The fraction of sp³-hybridized carbons (Fsp3) is 0.333. The highest BCUT2D eigenvalue weighted by molar-refractivity contribution is 7.92. The van der Waals surface area contributed by atoms with E-state index in [1.807, 2.05) is 0 Å². The van der Waals surface area contributed by atoms with Gasteiger partial charge >= 0.3 is 6.09 Å². The van der Waals surface area contributed by atoms with Crippen molar-refractivity contribution >= 4 is 33.4 Å². The van der Waals surface area contributed by atoms with Crippen LogP contribution in [0.3, 0.4) is 0 Å². The quantitative estimate of drug-likeness (QED) is 0.499. The first-order valence-corrected chi connectivity index (χ1v) is 11.7. The molecule has 2 amide bonds. The van der Waals surface area contributed by atoms with E-state index in [1.165, 1.54) is 43.3 Å². The molecule has 3 rings (SSSR count). The van der Waals surface area contributed by atoms with Crippen molar-refractivity contribution in [3.05, 3.63) is 63.7 Å². The number of anilines is 1. The molecular formula is C21H24N4O7S. The maximum absolute atomic E-state index is 12.7. The first-order chi connectivity index (χ1) is 15.6. The summed E-state index contributed by atoms with van der Waals surface area (Å²) in [7, 11) is -4.06. The number of nitrogens with one attached hydrogen (secondary N) is 1. The third kappa shape index (κ3) is 5.58. The van der Waals surface area contributed by atoms with Crippen LogP contribution in [0.25, 0.3) is 0 Å². The topological polar surface area (TPSA) is 139 Å². The summed E-state index contributed by atoms with van der Waals surface area (Å²) in [5.41, 5.74) is 0.641. The molecule has 1 N–H and O–H groups in total. The minimum absolute atomic E-state index is 0.210. The number of rotatable bonds is 6. The average Bonchev–Trinajstić information content (AvgIpc) is 2.79. The largest absolute Gasteiger partial charge is 0.450 e. The van der Waals surface area contributed by atoms with Gasteiger partial charge in [-0.2, -0.15) is 0 Å².